The number of halogens is 1. The van der Waals surface area contributed by atoms with E-state index < -0.39 is 41.0 Å². The van der Waals surface area contributed by atoms with E-state index in [1.807, 2.05) is 0 Å². The van der Waals surface area contributed by atoms with E-state index >= 15 is 0 Å². The fraction of sp³-hybridized carbons (Fsp3) is 0.474. The van der Waals surface area contributed by atoms with Gasteiger partial charge in [-0.1, -0.05) is 12.1 Å². The molecule has 2 heterocycles. The number of hydrogen-bond donors (Lipinski definition) is 0. The van der Waals surface area contributed by atoms with Gasteiger partial charge in [0, 0.05) is 26.4 Å². The first-order chi connectivity index (χ1) is 12.8. The van der Waals surface area contributed by atoms with Gasteiger partial charge in [-0.2, -0.15) is 0 Å². The first-order valence-electron chi connectivity index (χ1n) is 8.74. The summed E-state index contributed by atoms with van der Waals surface area (Å²) < 4.78 is 18.6. The fourth-order valence-corrected chi connectivity index (χ4v) is 3.94. The lowest BCUT2D eigenvalue weighted by Gasteiger charge is -2.30. The van der Waals surface area contributed by atoms with Crippen LogP contribution in [0.1, 0.15) is 31.2 Å². The van der Waals surface area contributed by atoms with Gasteiger partial charge in [0.2, 0.25) is 17.7 Å². The highest BCUT2D eigenvalue weighted by molar-refractivity contribution is 6.10. The Morgan fingerprint density at radius 3 is 2.67 bits per heavy atom. The summed E-state index contributed by atoms with van der Waals surface area (Å²) in [6, 6.07) is 4.71. The Morgan fingerprint density at radius 2 is 2.07 bits per heavy atom. The topological polar surface area (TPSA) is 84.0 Å². The molecule has 1 aromatic carbocycles. The number of nitrogens with zero attached hydrogens (tertiary/aromatic N) is 2. The van der Waals surface area contributed by atoms with Gasteiger partial charge in [-0.3, -0.25) is 19.3 Å². The Balaban J connectivity index is 1.96. The first kappa shape index (κ1) is 19.0. The molecule has 3 amide bonds. The molecule has 0 unspecified atom stereocenters. The number of likely N-dealkylation sites (N-methyl/N-ethyl adjacent to an activating group) is 1. The lowest BCUT2D eigenvalue weighted by Crippen LogP contribution is -2.46. The second kappa shape index (κ2) is 7.09. The van der Waals surface area contributed by atoms with Gasteiger partial charge >= 0.3 is 5.97 Å². The van der Waals surface area contributed by atoms with Crippen LogP contribution >= 0.6 is 0 Å². The zero-order valence-electron chi connectivity index (χ0n) is 15.2. The van der Waals surface area contributed by atoms with Crippen molar-refractivity contribution in [2.24, 2.45) is 0 Å². The van der Waals surface area contributed by atoms with E-state index in [4.69, 9.17) is 4.74 Å². The van der Waals surface area contributed by atoms with E-state index in [9.17, 15) is 23.6 Å². The van der Waals surface area contributed by atoms with Crippen LogP contribution in [0, 0.1) is 5.82 Å². The second-order valence-corrected chi connectivity index (χ2v) is 6.97. The van der Waals surface area contributed by atoms with Crippen molar-refractivity contribution >= 4 is 23.7 Å². The monoisotopic (exact) mass is 376 g/mol. The zero-order valence-corrected chi connectivity index (χ0v) is 15.2. The molecule has 0 aliphatic carbocycles. The molecule has 0 radical (unpaired) electrons. The SMILES string of the molecule is COC(=O)[C@@H]1CCCN1C(=O)C[C@@]1(c2cccc(F)c2)CC(=O)N(C)C1=O. The van der Waals surface area contributed by atoms with Crippen LogP contribution in [0.5, 0.6) is 0 Å². The van der Waals surface area contributed by atoms with Gasteiger partial charge in [0.1, 0.15) is 11.9 Å². The maximum atomic E-state index is 13.8. The smallest absolute Gasteiger partial charge is 0.328 e. The number of esters is 1. The van der Waals surface area contributed by atoms with Crippen LogP contribution in [0.4, 0.5) is 4.39 Å². The van der Waals surface area contributed by atoms with E-state index in [0.29, 0.717) is 19.4 Å². The number of likely N-dealkylation sites (tertiary alicyclic amines) is 2. The molecule has 8 heteroatoms. The van der Waals surface area contributed by atoms with Crippen molar-refractivity contribution in [2.45, 2.75) is 37.1 Å². The summed E-state index contributed by atoms with van der Waals surface area (Å²) in [5.74, 6) is -2.46. The highest BCUT2D eigenvalue weighted by atomic mass is 19.1. The van der Waals surface area contributed by atoms with Crippen molar-refractivity contribution in [2.75, 3.05) is 20.7 Å². The van der Waals surface area contributed by atoms with Crippen LogP contribution in [0.2, 0.25) is 0 Å². The Hall–Kier alpha value is -2.77. The number of rotatable bonds is 4. The number of ether oxygens (including phenoxy) is 1. The lowest BCUT2D eigenvalue weighted by molar-refractivity contribution is -0.151. The standard InChI is InChI=1S/C19H21FN2O5/c1-21-15(23)10-19(18(21)26,12-5-3-6-13(20)9-12)11-16(24)22-8-4-7-14(22)17(25)27-2/h3,5-6,9,14H,4,7-8,10-11H2,1-2H3/t14-,19+/m0/s1. The molecule has 2 saturated heterocycles. The molecular formula is C19H21FN2O5. The number of methoxy groups -OCH3 is 1. The molecule has 144 valence electrons. The van der Waals surface area contributed by atoms with Crippen molar-refractivity contribution in [1.82, 2.24) is 9.80 Å². The van der Waals surface area contributed by atoms with Gasteiger partial charge in [0.15, 0.2) is 0 Å². The zero-order chi connectivity index (χ0) is 19.8. The molecule has 3 rings (SSSR count). The average Bonchev–Trinajstić information content (AvgIpc) is 3.22. The van der Waals surface area contributed by atoms with E-state index in [2.05, 4.69) is 0 Å². The lowest BCUT2D eigenvalue weighted by atomic mass is 9.75. The molecule has 1 aromatic rings. The van der Waals surface area contributed by atoms with Crippen molar-refractivity contribution in [3.05, 3.63) is 35.6 Å². The summed E-state index contributed by atoms with van der Waals surface area (Å²) in [5, 5.41) is 0. The molecule has 0 N–H and O–H groups in total. The molecule has 0 aromatic heterocycles. The third-order valence-electron chi connectivity index (χ3n) is 5.42. The van der Waals surface area contributed by atoms with Crippen LogP contribution in [0.25, 0.3) is 0 Å². The largest absolute Gasteiger partial charge is 0.467 e. The molecule has 2 fully saturated rings. The van der Waals surface area contributed by atoms with Crippen LogP contribution in [0.15, 0.2) is 24.3 Å². The Labute approximate surface area is 156 Å². The molecule has 2 atom stereocenters. The van der Waals surface area contributed by atoms with Crippen molar-refractivity contribution in [3.8, 4) is 0 Å². The summed E-state index contributed by atoms with van der Waals surface area (Å²) in [6.45, 7) is 0.371. The predicted molar refractivity (Wildman–Crippen MR) is 91.8 cm³/mol. The highest BCUT2D eigenvalue weighted by Gasteiger charge is 2.53. The van der Waals surface area contributed by atoms with Gasteiger partial charge in [-0.05, 0) is 30.5 Å². The van der Waals surface area contributed by atoms with E-state index in [1.165, 1.54) is 37.3 Å². The molecule has 27 heavy (non-hydrogen) atoms. The van der Waals surface area contributed by atoms with E-state index in [-0.39, 0.29) is 18.4 Å². The van der Waals surface area contributed by atoms with Gasteiger partial charge in [0.05, 0.1) is 12.5 Å². The number of imide groups is 1. The number of carbonyl (C=O) groups is 4. The summed E-state index contributed by atoms with van der Waals surface area (Å²) in [6.07, 6.45) is 0.608. The number of carbonyl (C=O) groups excluding carboxylic acids is 4. The summed E-state index contributed by atoms with van der Waals surface area (Å²) in [4.78, 5) is 52.4. The Kier molecular flexibility index (Phi) is 4.99. The third-order valence-corrected chi connectivity index (χ3v) is 5.42. The van der Waals surface area contributed by atoms with Crippen LogP contribution in [-0.4, -0.2) is 60.2 Å². The minimum atomic E-state index is -1.46. The average molecular weight is 376 g/mol. The number of hydrogen-bond acceptors (Lipinski definition) is 5. The first-order valence-corrected chi connectivity index (χ1v) is 8.74. The van der Waals surface area contributed by atoms with Gasteiger partial charge in [-0.15, -0.1) is 0 Å². The third kappa shape index (κ3) is 3.20. The summed E-state index contributed by atoms with van der Waals surface area (Å²) >= 11 is 0. The van der Waals surface area contributed by atoms with Crippen LogP contribution in [0.3, 0.4) is 0 Å². The molecule has 0 saturated carbocycles. The molecule has 2 aliphatic heterocycles. The number of amides is 3. The normalized spacial score (nSPS) is 25.2. The van der Waals surface area contributed by atoms with E-state index in [0.717, 1.165) is 4.90 Å². The molecular weight excluding hydrogens is 355 g/mol. The number of benzene rings is 1. The fourth-order valence-electron chi connectivity index (χ4n) is 3.94. The molecule has 0 bridgehead atoms. The van der Waals surface area contributed by atoms with E-state index in [1.54, 1.807) is 6.07 Å². The second-order valence-electron chi connectivity index (χ2n) is 6.97. The minimum Gasteiger partial charge on any atom is -0.467 e. The minimum absolute atomic E-state index is 0.214. The Bertz CT molecular complexity index is 811. The van der Waals surface area contributed by atoms with Gasteiger partial charge in [-0.25, -0.2) is 9.18 Å². The molecule has 2 aliphatic rings. The van der Waals surface area contributed by atoms with Crippen molar-refractivity contribution in [3.63, 3.8) is 0 Å². The quantitative estimate of drug-likeness (QED) is 0.578. The van der Waals surface area contributed by atoms with Crippen LogP contribution in [-0.2, 0) is 29.3 Å². The highest BCUT2D eigenvalue weighted by Crippen LogP contribution is 2.40. The summed E-state index contributed by atoms with van der Waals surface area (Å²) in [5.41, 5.74) is -1.18. The van der Waals surface area contributed by atoms with Crippen molar-refractivity contribution < 1.29 is 28.3 Å². The maximum Gasteiger partial charge on any atom is 0.328 e. The van der Waals surface area contributed by atoms with Gasteiger partial charge in [0.25, 0.3) is 0 Å². The predicted octanol–water partition coefficient (Wildman–Crippen LogP) is 1.01. The summed E-state index contributed by atoms with van der Waals surface area (Å²) in [7, 11) is 2.61. The molecule has 0 spiro atoms. The Morgan fingerprint density at radius 1 is 1.33 bits per heavy atom. The maximum absolute atomic E-state index is 13.8. The van der Waals surface area contributed by atoms with Crippen LogP contribution < -0.4 is 0 Å². The van der Waals surface area contributed by atoms with Crippen molar-refractivity contribution in [1.29, 1.82) is 0 Å². The molecule has 7 nitrogen and oxygen atoms in total. The van der Waals surface area contributed by atoms with Gasteiger partial charge < -0.3 is 9.64 Å².